The van der Waals surface area contributed by atoms with Crippen molar-refractivity contribution in [1.29, 1.82) is 0 Å². The van der Waals surface area contributed by atoms with Crippen LogP contribution in [-0.2, 0) is 9.53 Å². The molecule has 0 radical (unpaired) electrons. The summed E-state index contributed by atoms with van der Waals surface area (Å²) in [5.74, 6) is -0.235. The lowest BCUT2D eigenvalue weighted by molar-refractivity contribution is -0.149. The lowest BCUT2D eigenvalue weighted by atomic mass is 9.96. The summed E-state index contributed by atoms with van der Waals surface area (Å²) in [7, 11) is 1.79. The lowest BCUT2D eigenvalue weighted by Gasteiger charge is -2.31. The number of nitrogens with zero attached hydrogens (tertiary/aromatic N) is 2. The standard InChI is InChI=1S/C14H21N3O3S/c1-4-20-14(19)10-5-7-17(8-6-10)13(18)11-9(2)16-21-12(11)15-3/h10,15H,4-8H2,1-3H3. The fraction of sp³-hybridized carbons (Fsp3) is 0.643. The number of piperidine rings is 1. The maximum Gasteiger partial charge on any atom is 0.309 e. The summed E-state index contributed by atoms with van der Waals surface area (Å²) in [6, 6.07) is 0. The molecule has 0 aliphatic carbocycles. The Hall–Kier alpha value is -1.63. The van der Waals surface area contributed by atoms with E-state index in [1.165, 1.54) is 11.5 Å². The highest BCUT2D eigenvalue weighted by Gasteiger charge is 2.30. The molecule has 21 heavy (non-hydrogen) atoms. The number of rotatable bonds is 4. The summed E-state index contributed by atoms with van der Waals surface area (Å²) in [5, 5.41) is 3.81. The Morgan fingerprint density at radius 2 is 2.10 bits per heavy atom. The summed E-state index contributed by atoms with van der Waals surface area (Å²) in [6.07, 6.45) is 1.33. The van der Waals surface area contributed by atoms with Crippen LogP contribution >= 0.6 is 11.5 Å². The van der Waals surface area contributed by atoms with Gasteiger partial charge in [-0.1, -0.05) is 0 Å². The number of carbonyl (C=O) groups is 2. The molecule has 1 fully saturated rings. The van der Waals surface area contributed by atoms with Gasteiger partial charge in [-0.2, -0.15) is 4.37 Å². The van der Waals surface area contributed by atoms with E-state index in [0.29, 0.717) is 38.1 Å². The van der Waals surface area contributed by atoms with Crippen LogP contribution in [0.4, 0.5) is 5.00 Å². The van der Waals surface area contributed by atoms with Crippen molar-refractivity contribution in [2.24, 2.45) is 5.92 Å². The van der Waals surface area contributed by atoms with E-state index in [1.807, 2.05) is 13.8 Å². The number of hydrogen-bond acceptors (Lipinski definition) is 6. The summed E-state index contributed by atoms with van der Waals surface area (Å²) in [5.41, 5.74) is 1.40. The molecule has 0 aromatic carbocycles. The van der Waals surface area contributed by atoms with E-state index in [4.69, 9.17) is 4.74 Å². The Labute approximate surface area is 128 Å². The maximum atomic E-state index is 12.6. The third-order valence-electron chi connectivity index (χ3n) is 3.71. The topological polar surface area (TPSA) is 71.5 Å². The highest BCUT2D eigenvalue weighted by atomic mass is 32.1. The van der Waals surface area contributed by atoms with Crippen LogP contribution in [0.15, 0.2) is 0 Å². The van der Waals surface area contributed by atoms with E-state index in [1.54, 1.807) is 11.9 Å². The quantitative estimate of drug-likeness (QED) is 0.860. The fourth-order valence-electron chi connectivity index (χ4n) is 2.53. The molecule has 116 valence electrons. The molecule has 7 heteroatoms. The first kappa shape index (κ1) is 15.8. The molecule has 0 saturated carbocycles. The van der Waals surface area contributed by atoms with E-state index in [2.05, 4.69) is 9.69 Å². The van der Waals surface area contributed by atoms with Gasteiger partial charge < -0.3 is 15.0 Å². The molecule has 1 N–H and O–H groups in total. The summed E-state index contributed by atoms with van der Waals surface area (Å²) >= 11 is 1.30. The van der Waals surface area contributed by atoms with E-state index >= 15 is 0 Å². The Morgan fingerprint density at radius 3 is 2.67 bits per heavy atom. The van der Waals surface area contributed by atoms with Crippen LogP contribution in [0, 0.1) is 12.8 Å². The monoisotopic (exact) mass is 311 g/mol. The van der Waals surface area contributed by atoms with Gasteiger partial charge in [0, 0.05) is 20.1 Å². The third-order valence-corrected chi connectivity index (χ3v) is 4.66. The average Bonchev–Trinajstić information content (AvgIpc) is 2.88. The first-order valence-electron chi connectivity index (χ1n) is 7.18. The number of likely N-dealkylation sites (tertiary alicyclic amines) is 1. The number of anilines is 1. The Kier molecular flexibility index (Phi) is 5.17. The number of hydrogen-bond donors (Lipinski definition) is 1. The van der Waals surface area contributed by atoms with E-state index < -0.39 is 0 Å². The second kappa shape index (κ2) is 6.89. The molecule has 0 spiro atoms. The smallest absolute Gasteiger partial charge is 0.309 e. The number of carbonyl (C=O) groups excluding carboxylic acids is 2. The van der Waals surface area contributed by atoms with Crippen molar-refractivity contribution in [1.82, 2.24) is 9.27 Å². The van der Waals surface area contributed by atoms with Crippen LogP contribution in [0.3, 0.4) is 0 Å². The maximum absolute atomic E-state index is 12.6. The lowest BCUT2D eigenvalue weighted by Crippen LogP contribution is -2.41. The van der Waals surface area contributed by atoms with Crippen LogP contribution in [0.2, 0.25) is 0 Å². The molecule has 1 amide bonds. The fourth-order valence-corrected chi connectivity index (χ4v) is 3.27. The zero-order chi connectivity index (χ0) is 15.4. The first-order chi connectivity index (χ1) is 10.1. The molecule has 6 nitrogen and oxygen atoms in total. The minimum atomic E-state index is -0.145. The van der Waals surface area contributed by atoms with Crippen molar-refractivity contribution < 1.29 is 14.3 Å². The van der Waals surface area contributed by atoms with Gasteiger partial charge in [0.15, 0.2) is 0 Å². The second-order valence-electron chi connectivity index (χ2n) is 5.04. The molecular formula is C14H21N3O3S. The Balaban J connectivity index is 2.00. The van der Waals surface area contributed by atoms with Gasteiger partial charge in [-0.3, -0.25) is 9.59 Å². The Bertz CT molecular complexity index is 522. The van der Waals surface area contributed by atoms with Crippen molar-refractivity contribution >= 4 is 28.4 Å². The Morgan fingerprint density at radius 1 is 1.43 bits per heavy atom. The van der Waals surface area contributed by atoms with Crippen molar-refractivity contribution in [2.75, 3.05) is 32.1 Å². The highest BCUT2D eigenvalue weighted by Crippen LogP contribution is 2.27. The van der Waals surface area contributed by atoms with Crippen LogP contribution in [-0.4, -0.2) is 47.9 Å². The largest absolute Gasteiger partial charge is 0.466 e. The molecule has 2 rings (SSSR count). The van der Waals surface area contributed by atoms with Gasteiger partial charge in [-0.05, 0) is 38.2 Å². The van der Waals surface area contributed by atoms with Crippen molar-refractivity contribution in [3.8, 4) is 0 Å². The molecule has 1 aromatic heterocycles. The molecule has 0 bridgehead atoms. The van der Waals surface area contributed by atoms with Gasteiger partial charge in [0.1, 0.15) is 5.00 Å². The van der Waals surface area contributed by atoms with Crippen molar-refractivity contribution in [3.05, 3.63) is 11.3 Å². The molecule has 0 unspecified atom stereocenters. The zero-order valence-corrected chi connectivity index (χ0v) is 13.5. The molecule has 1 aromatic rings. The molecular weight excluding hydrogens is 290 g/mol. The summed E-state index contributed by atoms with van der Waals surface area (Å²) in [4.78, 5) is 26.1. The SMILES string of the molecule is CCOC(=O)C1CCN(C(=O)c2c(C)nsc2NC)CC1. The van der Waals surface area contributed by atoms with Crippen LogP contribution < -0.4 is 5.32 Å². The number of aryl methyl sites for hydroxylation is 1. The minimum absolute atomic E-state index is 0.00657. The molecule has 0 atom stereocenters. The highest BCUT2D eigenvalue weighted by molar-refractivity contribution is 7.10. The molecule has 1 aliphatic heterocycles. The van der Waals surface area contributed by atoms with Crippen LogP contribution in [0.25, 0.3) is 0 Å². The number of aromatic nitrogens is 1. The van der Waals surface area contributed by atoms with Crippen molar-refractivity contribution in [3.63, 3.8) is 0 Å². The van der Waals surface area contributed by atoms with Crippen molar-refractivity contribution in [2.45, 2.75) is 26.7 Å². The number of esters is 1. The first-order valence-corrected chi connectivity index (χ1v) is 7.95. The van der Waals surface area contributed by atoms with Gasteiger partial charge in [0.25, 0.3) is 5.91 Å². The van der Waals surface area contributed by atoms with E-state index in [0.717, 1.165) is 10.7 Å². The summed E-state index contributed by atoms with van der Waals surface area (Å²) in [6.45, 7) is 5.23. The summed E-state index contributed by atoms with van der Waals surface area (Å²) < 4.78 is 9.27. The van der Waals surface area contributed by atoms with Crippen LogP contribution in [0.1, 0.15) is 35.8 Å². The minimum Gasteiger partial charge on any atom is -0.466 e. The second-order valence-corrected chi connectivity index (χ2v) is 5.81. The predicted molar refractivity (Wildman–Crippen MR) is 81.7 cm³/mol. The molecule has 1 saturated heterocycles. The predicted octanol–water partition coefficient (Wildman–Crippen LogP) is 1.91. The molecule has 2 heterocycles. The van der Waals surface area contributed by atoms with Gasteiger partial charge in [-0.15, -0.1) is 0 Å². The number of amides is 1. The number of ether oxygens (including phenoxy) is 1. The number of nitrogens with one attached hydrogen (secondary N) is 1. The van der Waals surface area contributed by atoms with Gasteiger partial charge >= 0.3 is 5.97 Å². The van der Waals surface area contributed by atoms with Crippen LogP contribution in [0.5, 0.6) is 0 Å². The van der Waals surface area contributed by atoms with E-state index in [9.17, 15) is 9.59 Å². The van der Waals surface area contributed by atoms with Gasteiger partial charge in [0.2, 0.25) is 0 Å². The van der Waals surface area contributed by atoms with E-state index in [-0.39, 0.29) is 17.8 Å². The molecule has 1 aliphatic rings. The van der Waals surface area contributed by atoms with Gasteiger partial charge in [0.05, 0.1) is 23.8 Å². The van der Waals surface area contributed by atoms with Gasteiger partial charge in [-0.25, -0.2) is 0 Å². The third kappa shape index (κ3) is 3.34. The zero-order valence-electron chi connectivity index (χ0n) is 12.6. The normalized spacial score (nSPS) is 15.9. The average molecular weight is 311 g/mol.